The lowest BCUT2D eigenvalue weighted by molar-refractivity contribution is 0.281. The van der Waals surface area contributed by atoms with Gasteiger partial charge in [0.25, 0.3) is 10.1 Å². The summed E-state index contributed by atoms with van der Waals surface area (Å²) in [6.45, 7) is 2.79. The van der Waals surface area contributed by atoms with Crippen LogP contribution in [0.15, 0.2) is 29.2 Å². The first-order valence-electron chi connectivity index (χ1n) is 6.18. The molecule has 1 aromatic carbocycles. The molecule has 4 nitrogen and oxygen atoms in total. The lowest BCUT2D eigenvalue weighted by atomic mass is 10.2. The van der Waals surface area contributed by atoms with Gasteiger partial charge in [0.2, 0.25) is 0 Å². The van der Waals surface area contributed by atoms with Crippen LogP contribution in [0.25, 0.3) is 0 Å². The van der Waals surface area contributed by atoms with Gasteiger partial charge in [-0.15, -0.1) is 0 Å². The zero-order valence-electron chi connectivity index (χ0n) is 10.4. The summed E-state index contributed by atoms with van der Waals surface area (Å²) in [5.41, 5.74) is 0.794. The summed E-state index contributed by atoms with van der Waals surface area (Å²) in [6.07, 6.45) is 2.26. The summed E-state index contributed by atoms with van der Waals surface area (Å²) in [5, 5.41) is 0. The van der Waals surface area contributed by atoms with Crippen LogP contribution in [-0.2, 0) is 14.5 Å². The average molecular weight is 286 g/mol. The van der Waals surface area contributed by atoms with E-state index in [0.29, 0.717) is 5.56 Å². The molecule has 1 aromatic rings. The Balaban J connectivity index is 2.32. The smallest absolute Gasteiger partial charge is 0.294 e. The fourth-order valence-electron chi connectivity index (χ4n) is 2.45. The largest absolute Gasteiger partial charge is 0.419 e. The molecule has 0 bridgehead atoms. The third-order valence-corrected chi connectivity index (χ3v) is 7.50. The molecule has 2 atom stereocenters. The van der Waals surface area contributed by atoms with Gasteiger partial charge in [-0.1, -0.05) is 31.5 Å². The van der Waals surface area contributed by atoms with Gasteiger partial charge < -0.3 is 4.43 Å². The molecular weight excluding hydrogens is 268 g/mol. The van der Waals surface area contributed by atoms with Gasteiger partial charge in [-0.3, -0.25) is 4.55 Å². The SMILES string of the molecule is CC(c1ccccc1S(=O)(=O)O)[SiH]1CCCCO1. The fourth-order valence-corrected chi connectivity index (χ4v) is 6.18. The van der Waals surface area contributed by atoms with Crippen molar-refractivity contribution in [1.29, 1.82) is 0 Å². The lowest BCUT2D eigenvalue weighted by Gasteiger charge is -2.27. The normalized spacial score (nSPS) is 22.7. The average Bonchev–Trinajstić information content (AvgIpc) is 2.38. The van der Waals surface area contributed by atoms with Crippen LogP contribution < -0.4 is 0 Å². The maximum atomic E-state index is 11.4. The van der Waals surface area contributed by atoms with E-state index < -0.39 is 19.2 Å². The Morgan fingerprint density at radius 3 is 2.67 bits per heavy atom. The highest BCUT2D eigenvalue weighted by atomic mass is 32.2. The molecule has 0 amide bonds. The van der Waals surface area contributed by atoms with E-state index in [4.69, 9.17) is 4.43 Å². The maximum absolute atomic E-state index is 11.4. The molecule has 0 saturated carbocycles. The Bertz CT molecular complexity index is 509. The van der Waals surface area contributed by atoms with E-state index in [1.54, 1.807) is 18.2 Å². The van der Waals surface area contributed by atoms with Crippen molar-refractivity contribution < 1.29 is 17.4 Å². The van der Waals surface area contributed by atoms with Gasteiger partial charge in [0, 0.05) is 6.61 Å². The van der Waals surface area contributed by atoms with Gasteiger partial charge in [0.15, 0.2) is 9.04 Å². The summed E-state index contributed by atoms with van der Waals surface area (Å²) in [6, 6.07) is 7.73. The summed E-state index contributed by atoms with van der Waals surface area (Å²) in [5.74, 6) is 0. The van der Waals surface area contributed by atoms with Gasteiger partial charge in [0.05, 0.1) is 4.90 Å². The van der Waals surface area contributed by atoms with Crippen molar-refractivity contribution in [3.05, 3.63) is 29.8 Å². The van der Waals surface area contributed by atoms with E-state index in [1.807, 2.05) is 6.92 Å². The van der Waals surface area contributed by atoms with Crippen LogP contribution in [0, 0.1) is 0 Å². The van der Waals surface area contributed by atoms with Gasteiger partial charge >= 0.3 is 0 Å². The van der Waals surface area contributed by atoms with Crippen molar-refractivity contribution in [2.24, 2.45) is 0 Å². The van der Waals surface area contributed by atoms with E-state index in [2.05, 4.69) is 0 Å². The predicted molar refractivity (Wildman–Crippen MR) is 71.8 cm³/mol. The minimum absolute atomic E-state index is 0.0270. The summed E-state index contributed by atoms with van der Waals surface area (Å²) < 4.78 is 37.8. The highest BCUT2D eigenvalue weighted by Gasteiger charge is 2.28. The highest BCUT2D eigenvalue weighted by Crippen LogP contribution is 2.29. The molecule has 0 radical (unpaired) electrons. The molecule has 1 saturated heterocycles. The molecule has 0 aliphatic carbocycles. The van der Waals surface area contributed by atoms with Gasteiger partial charge in [0.1, 0.15) is 0 Å². The van der Waals surface area contributed by atoms with Crippen LogP contribution in [0.4, 0.5) is 0 Å². The molecule has 1 aliphatic rings. The molecule has 6 heteroatoms. The number of rotatable bonds is 3. The molecule has 2 unspecified atom stereocenters. The zero-order chi connectivity index (χ0) is 13.2. The topological polar surface area (TPSA) is 63.6 Å². The van der Waals surface area contributed by atoms with Crippen molar-refractivity contribution >= 4 is 19.2 Å². The van der Waals surface area contributed by atoms with Crippen molar-refractivity contribution in [3.63, 3.8) is 0 Å². The molecule has 1 aliphatic heterocycles. The van der Waals surface area contributed by atoms with Gasteiger partial charge in [-0.2, -0.15) is 8.42 Å². The van der Waals surface area contributed by atoms with Crippen LogP contribution in [0.1, 0.15) is 30.9 Å². The second-order valence-electron chi connectivity index (χ2n) is 4.71. The fraction of sp³-hybridized carbons (Fsp3) is 0.500. The summed E-state index contributed by atoms with van der Waals surface area (Å²) in [4.78, 5) is 0.0270. The maximum Gasteiger partial charge on any atom is 0.294 e. The van der Waals surface area contributed by atoms with Crippen LogP contribution >= 0.6 is 0 Å². The van der Waals surface area contributed by atoms with Crippen LogP contribution in [0.5, 0.6) is 0 Å². The molecule has 1 heterocycles. The zero-order valence-corrected chi connectivity index (χ0v) is 12.3. The lowest BCUT2D eigenvalue weighted by Crippen LogP contribution is -2.30. The van der Waals surface area contributed by atoms with Gasteiger partial charge in [-0.25, -0.2) is 0 Å². The molecule has 18 heavy (non-hydrogen) atoms. The summed E-state index contributed by atoms with van der Waals surface area (Å²) >= 11 is 0. The first kappa shape index (κ1) is 13.7. The number of hydrogen-bond acceptors (Lipinski definition) is 3. The summed E-state index contributed by atoms with van der Waals surface area (Å²) in [7, 11) is -5.57. The molecule has 2 rings (SSSR count). The van der Waals surface area contributed by atoms with Crippen molar-refractivity contribution in [1.82, 2.24) is 0 Å². The Morgan fingerprint density at radius 1 is 1.33 bits per heavy atom. The van der Waals surface area contributed by atoms with E-state index in [0.717, 1.165) is 25.5 Å². The Hall–Kier alpha value is -0.693. The Kier molecular flexibility index (Phi) is 4.21. The Morgan fingerprint density at radius 2 is 2.06 bits per heavy atom. The molecule has 0 aromatic heterocycles. The van der Waals surface area contributed by atoms with Crippen molar-refractivity contribution in [2.45, 2.75) is 36.2 Å². The first-order valence-corrected chi connectivity index (χ1v) is 9.57. The number of benzene rings is 1. The highest BCUT2D eigenvalue weighted by molar-refractivity contribution is 7.85. The minimum Gasteiger partial charge on any atom is -0.419 e. The molecule has 0 spiro atoms. The van der Waals surface area contributed by atoms with E-state index in [1.165, 1.54) is 6.07 Å². The first-order chi connectivity index (χ1) is 8.50. The predicted octanol–water partition coefficient (Wildman–Crippen LogP) is 2.11. The second kappa shape index (κ2) is 5.52. The standard InChI is InChI=1S/C12H18O4SSi/c1-10(18-9-5-4-8-16-18)11-6-2-3-7-12(11)17(13,14)15/h2-3,6-7,10,18H,4-5,8-9H2,1H3,(H,13,14,15). The van der Waals surface area contributed by atoms with Crippen LogP contribution in [-0.4, -0.2) is 28.6 Å². The van der Waals surface area contributed by atoms with E-state index in [-0.39, 0.29) is 10.4 Å². The van der Waals surface area contributed by atoms with Crippen LogP contribution in [0.2, 0.25) is 6.04 Å². The van der Waals surface area contributed by atoms with Crippen molar-refractivity contribution in [3.8, 4) is 0 Å². The monoisotopic (exact) mass is 286 g/mol. The minimum atomic E-state index is -4.15. The quantitative estimate of drug-likeness (QED) is 0.683. The van der Waals surface area contributed by atoms with Gasteiger partial charge in [-0.05, 0) is 29.6 Å². The van der Waals surface area contributed by atoms with E-state index >= 15 is 0 Å². The number of hydrogen-bond donors (Lipinski definition) is 1. The van der Waals surface area contributed by atoms with Crippen molar-refractivity contribution in [2.75, 3.05) is 6.61 Å². The third kappa shape index (κ3) is 3.00. The molecule has 1 fully saturated rings. The van der Waals surface area contributed by atoms with E-state index in [9.17, 15) is 13.0 Å². The molecular formula is C12H18O4SSi. The molecule has 100 valence electrons. The molecule has 1 N–H and O–H groups in total. The van der Waals surface area contributed by atoms with Crippen LogP contribution in [0.3, 0.4) is 0 Å². The Labute approximate surface area is 109 Å². The second-order valence-corrected chi connectivity index (χ2v) is 9.08. The third-order valence-electron chi connectivity index (χ3n) is 3.46.